The Kier molecular flexibility index (Phi) is 7.51. The molecule has 0 bridgehead atoms. The van der Waals surface area contributed by atoms with Crippen LogP contribution in [0.1, 0.15) is 5.56 Å². The van der Waals surface area contributed by atoms with Gasteiger partial charge < -0.3 is 10.5 Å². The van der Waals surface area contributed by atoms with Crippen LogP contribution in [0.25, 0.3) is 0 Å². The van der Waals surface area contributed by atoms with E-state index in [4.69, 9.17) is 10.5 Å². The minimum atomic E-state index is -3.59. The fourth-order valence-electron chi connectivity index (χ4n) is 2.11. The van der Waals surface area contributed by atoms with Gasteiger partial charge in [-0.2, -0.15) is 4.31 Å². The summed E-state index contributed by atoms with van der Waals surface area (Å²) < 4.78 is 32.0. The average molecular weight is 357 g/mol. The number of nitrogens with two attached hydrogens (primary N) is 1. The first-order valence-electron chi connectivity index (χ1n) is 6.96. The second kappa shape index (κ2) is 8.88. The van der Waals surface area contributed by atoms with E-state index in [-0.39, 0.29) is 30.4 Å². The van der Waals surface area contributed by atoms with Crippen molar-refractivity contribution in [3.63, 3.8) is 0 Å². The molecule has 0 heterocycles. The number of benzene rings is 2. The van der Waals surface area contributed by atoms with Gasteiger partial charge in [-0.1, -0.05) is 30.3 Å². The Morgan fingerprint density at radius 3 is 2.17 bits per heavy atom. The zero-order chi connectivity index (χ0) is 16.0. The van der Waals surface area contributed by atoms with E-state index >= 15 is 0 Å². The Morgan fingerprint density at radius 2 is 1.65 bits per heavy atom. The van der Waals surface area contributed by atoms with Gasteiger partial charge in [0.25, 0.3) is 0 Å². The Labute approximate surface area is 143 Å². The Hall–Kier alpha value is -1.60. The molecule has 0 fully saturated rings. The molecule has 0 radical (unpaired) electrons. The lowest BCUT2D eigenvalue weighted by Crippen LogP contribution is -2.34. The number of sulfonamides is 1. The van der Waals surface area contributed by atoms with E-state index in [1.165, 1.54) is 4.31 Å². The topological polar surface area (TPSA) is 72.6 Å². The fourth-order valence-corrected chi connectivity index (χ4v) is 3.55. The molecule has 0 aliphatic rings. The molecule has 23 heavy (non-hydrogen) atoms. The second-order valence-electron chi connectivity index (χ2n) is 4.79. The van der Waals surface area contributed by atoms with Gasteiger partial charge in [-0.15, -0.1) is 12.4 Å². The van der Waals surface area contributed by atoms with Crippen molar-refractivity contribution in [1.29, 1.82) is 0 Å². The van der Waals surface area contributed by atoms with Gasteiger partial charge in [0.05, 0.1) is 12.0 Å². The van der Waals surface area contributed by atoms with Crippen molar-refractivity contribution in [1.82, 2.24) is 4.31 Å². The molecule has 0 aliphatic carbocycles. The standard InChI is InChI=1S/C16H20N2O3S.ClH/c1-21-15-7-9-16(10-8-15)22(19,20)18(12-11-17)13-14-5-3-2-4-6-14;/h2-10H,11-13,17H2,1H3;1H. The third kappa shape index (κ3) is 4.94. The summed E-state index contributed by atoms with van der Waals surface area (Å²) in [6, 6.07) is 15.8. The Morgan fingerprint density at radius 1 is 1.04 bits per heavy atom. The maximum atomic E-state index is 12.8. The maximum absolute atomic E-state index is 12.8. The number of hydrogen-bond donors (Lipinski definition) is 1. The highest BCUT2D eigenvalue weighted by atomic mass is 35.5. The van der Waals surface area contributed by atoms with Gasteiger partial charge in [0, 0.05) is 19.6 Å². The normalized spacial score (nSPS) is 11.1. The van der Waals surface area contributed by atoms with Crippen LogP contribution in [-0.4, -0.2) is 32.9 Å². The van der Waals surface area contributed by atoms with Crippen molar-refractivity contribution < 1.29 is 13.2 Å². The van der Waals surface area contributed by atoms with E-state index in [9.17, 15) is 8.42 Å². The lowest BCUT2D eigenvalue weighted by atomic mass is 10.2. The number of methoxy groups -OCH3 is 1. The fraction of sp³-hybridized carbons (Fsp3) is 0.250. The minimum Gasteiger partial charge on any atom is -0.497 e. The molecule has 0 spiro atoms. The molecule has 0 unspecified atom stereocenters. The largest absolute Gasteiger partial charge is 0.497 e. The van der Waals surface area contributed by atoms with Gasteiger partial charge in [0.2, 0.25) is 10.0 Å². The zero-order valence-corrected chi connectivity index (χ0v) is 14.5. The van der Waals surface area contributed by atoms with E-state index in [1.54, 1.807) is 31.4 Å². The molecule has 7 heteroatoms. The summed E-state index contributed by atoms with van der Waals surface area (Å²) in [6.07, 6.45) is 0. The van der Waals surface area contributed by atoms with E-state index in [0.717, 1.165) is 5.56 Å². The molecular formula is C16H21ClN2O3S. The summed E-state index contributed by atoms with van der Waals surface area (Å²) in [5.74, 6) is 0.618. The van der Waals surface area contributed by atoms with Crippen molar-refractivity contribution in [3.05, 3.63) is 60.2 Å². The van der Waals surface area contributed by atoms with Crippen LogP contribution in [-0.2, 0) is 16.6 Å². The molecule has 0 aromatic heterocycles. The number of ether oxygens (including phenoxy) is 1. The Bertz CT molecular complexity index is 691. The summed E-state index contributed by atoms with van der Waals surface area (Å²) in [4.78, 5) is 0.234. The number of halogens is 1. The maximum Gasteiger partial charge on any atom is 0.243 e. The van der Waals surface area contributed by atoms with Crippen molar-refractivity contribution in [3.8, 4) is 5.75 Å². The number of hydrogen-bond acceptors (Lipinski definition) is 4. The first kappa shape index (κ1) is 19.4. The van der Waals surface area contributed by atoms with E-state index < -0.39 is 10.0 Å². The van der Waals surface area contributed by atoms with Crippen LogP contribution in [0.5, 0.6) is 5.75 Å². The van der Waals surface area contributed by atoms with Crippen LogP contribution in [0.4, 0.5) is 0 Å². The van der Waals surface area contributed by atoms with E-state index in [2.05, 4.69) is 0 Å². The first-order valence-corrected chi connectivity index (χ1v) is 8.40. The lowest BCUT2D eigenvalue weighted by molar-refractivity contribution is 0.410. The van der Waals surface area contributed by atoms with Crippen LogP contribution in [0.15, 0.2) is 59.5 Å². The molecule has 0 atom stereocenters. The second-order valence-corrected chi connectivity index (χ2v) is 6.73. The summed E-state index contributed by atoms with van der Waals surface area (Å²) in [5.41, 5.74) is 6.50. The van der Waals surface area contributed by atoms with Crippen LogP contribution < -0.4 is 10.5 Å². The van der Waals surface area contributed by atoms with Gasteiger partial charge in [-0.05, 0) is 29.8 Å². The molecule has 5 nitrogen and oxygen atoms in total. The Balaban J connectivity index is 0.00000264. The summed E-state index contributed by atoms with van der Waals surface area (Å²) in [7, 11) is -2.05. The van der Waals surface area contributed by atoms with E-state index in [1.807, 2.05) is 30.3 Å². The van der Waals surface area contributed by atoms with Crippen LogP contribution >= 0.6 is 12.4 Å². The molecule has 0 aliphatic heterocycles. The zero-order valence-electron chi connectivity index (χ0n) is 12.9. The highest BCUT2D eigenvalue weighted by Gasteiger charge is 2.24. The van der Waals surface area contributed by atoms with Crippen molar-refractivity contribution >= 4 is 22.4 Å². The summed E-state index contributed by atoms with van der Waals surface area (Å²) in [6.45, 7) is 0.831. The van der Waals surface area contributed by atoms with Crippen molar-refractivity contribution in [2.45, 2.75) is 11.4 Å². The smallest absolute Gasteiger partial charge is 0.243 e. The molecule has 2 rings (SSSR count). The average Bonchev–Trinajstić information content (AvgIpc) is 2.55. The molecule has 0 saturated carbocycles. The quantitative estimate of drug-likeness (QED) is 0.826. The minimum absolute atomic E-state index is 0. The molecule has 0 saturated heterocycles. The van der Waals surface area contributed by atoms with Crippen molar-refractivity contribution in [2.75, 3.05) is 20.2 Å². The van der Waals surface area contributed by atoms with Gasteiger partial charge in [-0.25, -0.2) is 8.42 Å². The van der Waals surface area contributed by atoms with Crippen LogP contribution in [0, 0.1) is 0 Å². The summed E-state index contributed by atoms with van der Waals surface area (Å²) in [5, 5.41) is 0. The molecule has 2 aromatic rings. The highest BCUT2D eigenvalue weighted by molar-refractivity contribution is 7.89. The molecule has 0 amide bonds. The predicted octanol–water partition coefficient (Wildman–Crippen LogP) is 2.27. The summed E-state index contributed by atoms with van der Waals surface area (Å²) >= 11 is 0. The monoisotopic (exact) mass is 356 g/mol. The van der Waals surface area contributed by atoms with Crippen LogP contribution in [0.2, 0.25) is 0 Å². The van der Waals surface area contributed by atoms with Gasteiger partial charge in [-0.3, -0.25) is 0 Å². The molecule has 2 N–H and O–H groups in total. The van der Waals surface area contributed by atoms with Gasteiger partial charge >= 0.3 is 0 Å². The van der Waals surface area contributed by atoms with Gasteiger partial charge in [0.15, 0.2) is 0 Å². The molecule has 126 valence electrons. The highest BCUT2D eigenvalue weighted by Crippen LogP contribution is 2.20. The lowest BCUT2D eigenvalue weighted by Gasteiger charge is -2.21. The van der Waals surface area contributed by atoms with Crippen molar-refractivity contribution in [2.24, 2.45) is 5.73 Å². The number of nitrogens with zero attached hydrogens (tertiary/aromatic N) is 1. The van der Waals surface area contributed by atoms with Crippen LogP contribution in [0.3, 0.4) is 0 Å². The van der Waals surface area contributed by atoms with E-state index in [0.29, 0.717) is 12.3 Å². The number of rotatable bonds is 7. The third-order valence-corrected chi connectivity index (χ3v) is 5.14. The molecule has 2 aromatic carbocycles. The molecular weight excluding hydrogens is 336 g/mol. The van der Waals surface area contributed by atoms with Gasteiger partial charge in [0.1, 0.15) is 5.75 Å². The third-order valence-electron chi connectivity index (χ3n) is 3.28. The first-order chi connectivity index (χ1) is 10.6. The SMILES string of the molecule is COc1ccc(S(=O)(=O)N(CCN)Cc2ccccc2)cc1.Cl. The predicted molar refractivity (Wildman–Crippen MR) is 93.3 cm³/mol.